The van der Waals surface area contributed by atoms with Gasteiger partial charge in [-0.1, -0.05) is 163 Å². The van der Waals surface area contributed by atoms with Crippen LogP contribution in [0.15, 0.2) is 134 Å². The number of thiazole rings is 2. The van der Waals surface area contributed by atoms with Gasteiger partial charge in [0.2, 0.25) is 82.7 Å². The lowest BCUT2D eigenvalue weighted by Gasteiger charge is -2.36. The largest absolute Gasteiger partial charge is 0.508 e. The van der Waals surface area contributed by atoms with E-state index in [1.807, 2.05) is 71.9 Å². The summed E-state index contributed by atoms with van der Waals surface area (Å²) >= 11 is 3.49. The van der Waals surface area contributed by atoms with E-state index in [0.29, 0.717) is 85.0 Å². The first-order chi connectivity index (χ1) is 67.9. The molecule has 0 aliphatic carbocycles. The number of fused-ring (bicyclic) bond motifs is 6. The number of hydrogen-bond donors (Lipinski definition) is 15. The van der Waals surface area contributed by atoms with Crippen LogP contribution in [0.2, 0.25) is 0 Å². The molecule has 9 aromatic rings. The summed E-state index contributed by atoms with van der Waals surface area (Å²) < 4.78 is 2.94. The molecule has 16 N–H and O–H groups in total. The second-order valence-corrected chi connectivity index (χ2v) is 40.4. The Hall–Kier alpha value is -13.8. The molecule has 3 aliphatic rings. The van der Waals surface area contributed by atoms with E-state index >= 15 is 47.9 Å². The number of amides is 15. The molecule has 142 heavy (non-hydrogen) atoms. The number of carboxylic acid groups (broad SMARTS) is 1. The molecule has 3 saturated heterocycles. The number of nitrogens with one attached hydrogen (secondary N) is 12. The van der Waals surface area contributed by atoms with E-state index in [-0.39, 0.29) is 131 Å². The van der Waals surface area contributed by atoms with Crippen LogP contribution >= 0.6 is 34.4 Å². The van der Waals surface area contributed by atoms with E-state index < -0.39 is 186 Å². The molecule has 39 nitrogen and oxygen atoms in total. The molecule has 0 spiro atoms. The Labute approximate surface area is 835 Å². The van der Waals surface area contributed by atoms with Gasteiger partial charge in [-0.15, -0.1) is 0 Å². The minimum atomic E-state index is -1.87. The molecule has 42 heteroatoms. The van der Waals surface area contributed by atoms with E-state index in [4.69, 9.17) is 10.7 Å². The summed E-state index contributed by atoms with van der Waals surface area (Å²) in [4.78, 5) is 259. The number of thioether (sulfide) groups is 1. The SMILES string of the molecule is CCCC[C@H]1C(=O)N(C)[C@@H](CCCC)C(=O)N[C@@H](CC(C)C)C(=O)NCCSCC(=O)N[C@@H](Cc2ccc(O)cc2)C(=O)N(C)[C@@H](C)C(=O)N[C@@H](CC(N)=O)C(=O)N2CCCC2C(=O)N[C@@H](CNc2nc3ccccc3s2)C(=O)N[C@@H](CC(C)C)C(=O)N2CCCC2C(=O)N[C@@H](Cc2c[nH]c3ccccc23)C(=O)NC(Nc2nc3ccccc3s2)C(=O)N[C@@H](Cc2cn(CC(=O)O)c3ccccc23)C(=O)N1C. The van der Waals surface area contributed by atoms with Crippen molar-refractivity contribution in [3.05, 3.63) is 150 Å². The van der Waals surface area contributed by atoms with Crippen molar-refractivity contribution in [3.8, 4) is 5.75 Å². The predicted molar refractivity (Wildman–Crippen MR) is 541 cm³/mol. The van der Waals surface area contributed by atoms with Crippen molar-refractivity contribution < 1.29 is 86.9 Å². The normalized spacial score (nSPS) is 23.2. The summed E-state index contributed by atoms with van der Waals surface area (Å²) in [6.07, 6.45) is 2.60. The number of carboxylic acids is 1. The molecule has 0 radical (unpaired) electrons. The number of likely N-dealkylation sites (N-methyl/N-ethyl adjacent to an activating group) is 3. The molecule has 0 saturated carbocycles. The van der Waals surface area contributed by atoms with E-state index in [2.05, 4.69) is 68.5 Å². The molecular formula is C100H129N21O18S3. The molecule has 13 atom stereocenters. The Bertz CT molecular complexity index is 6000. The number of carbonyl (C=O) groups excluding carboxylic acids is 15. The molecule has 0 bridgehead atoms. The molecule has 7 heterocycles. The first kappa shape index (κ1) is 107. The van der Waals surface area contributed by atoms with Crippen molar-refractivity contribution in [2.45, 2.75) is 236 Å². The number of aromatic nitrogens is 4. The number of nitrogens with zero attached hydrogens (tertiary/aromatic N) is 8. The number of aromatic amines is 1. The van der Waals surface area contributed by atoms with Gasteiger partial charge in [0.25, 0.3) is 5.91 Å². The van der Waals surface area contributed by atoms with Gasteiger partial charge < -0.3 is 108 Å². The van der Waals surface area contributed by atoms with Gasteiger partial charge in [0.05, 0.1) is 32.6 Å². The molecule has 4 aromatic heterocycles. The fraction of sp³-hybridized carbons (Fsp3) is 0.480. The van der Waals surface area contributed by atoms with Crippen LogP contribution < -0.4 is 64.2 Å². The highest BCUT2D eigenvalue weighted by Crippen LogP contribution is 2.32. The first-order valence-corrected chi connectivity index (χ1v) is 51.0. The number of aromatic hydroxyl groups is 1. The number of nitrogens with two attached hydrogens (primary N) is 1. The summed E-state index contributed by atoms with van der Waals surface area (Å²) in [5.41, 5.74) is 9.49. The van der Waals surface area contributed by atoms with Gasteiger partial charge in [0.1, 0.15) is 84.8 Å². The smallest absolute Gasteiger partial charge is 0.323 e. The van der Waals surface area contributed by atoms with Crippen LogP contribution in [-0.2, 0) is 103 Å². The van der Waals surface area contributed by atoms with E-state index in [0.717, 1.165) is 37.6 Å². The third-order valence-electron chi connectivity index (χ3n) is 25.8. The Morgan fingerprint density at radius 2 is 1.05 bits per heavy atom. The second-order valence-electron chi connectivity index (χ2n) is 37.3. The number of aliphatic carboxylic acids is 1. The highest BCUT2D eigenvalue weighted by Gasteiger charge is 2.46. The summed E-state index contributed by atoms with van der Waals surface area (Å²) in [6.45, 7) is 11.5. The maximum Gasteiger partial charge on any atom is 0.323 e. The van der Waals surface area contributed by atoms with Gasteiger partial charge >= 0.3 is 5.97 Å². The number of para-hydroxylation sites is 4. The topological polar surface area (TPSA) is 535 Å². The highest BCUT2D eigenvalue weighted by molar-refractivity contribution is 7.99. The predicted octanol–water partition coefficient (Wildman–Crippen LogP) is 5.91. The zero-order chi connectivity index (χ0) is 102. The Morgan fingerprint density at radius 3 is 1.68 bits per heavy atom. The molecule has 3 fully saturated rings. The molecule has 3 aliphatic heterocycles. The van der Waals surface area contributed by atoms with E-state index in [1.165, 1.54) is 82.9 Å². The monoisotopic (exact) mass is 2010 g/mol. The lowest BCUT2D eigenvalue weighted by Crippen LogP contribution is -2.62. The lowest BCUT2D eigenvalue weighted by molar-refractivity contribution is -0.149. The zero-order valence-electron chi connectivity index (χ0n) is 81.4. The fourth-order valence-corrected chi connectivity index (χ4v) is 20.6. The number of primary amides is 1. The van der Waals surface area contributed by atoms with Crippen LogP contribution in [-0.4, -0.2) is 286 Å². The van der Waals surface area contributed by atoms with Crippen molar-refractivity contribution >= 4 is 182 Å². The number of rotatable bonds is 25. The Kier molecular flexibility index (Phi) is 37.8. The molecular weight excluding hydrogens is 1880 g/mol. The molecule has 5 aromatic carbocycles. The Balaban J connectivity index is 0.912. The third kappa shape index (κ3) is 27.9. The minimum Gasteiger partial charge on any atom is -0.508 e. The van der Waals surface area contributed by atoms with Gasteiger partial charge in [-0.05, 0) is 135 Å². The van der Waals surface area contributed by atoms with Gasteiger partial charge in [0, 0.05) is 107 Å². The van der Waals surface area contributed by atoms with Crippen LogP contribution in [0.4, 0.5) is 10.3 Å². The summed E-state index contributed by atoms with van der Waals surface area (Å²) in [6, 6.07) is 17.3. The summed E-state index contributed by atoms with van der Waals surface area (Å²) in [5.74, 6) is -14.1. The van der Waals surface area contributed by atoms with Crippen LogP contribution in [0.1, 0.15) is 149 Å². The van der Waals surface area contributed by atoms with Crippen LogP contribution in [0.5, 0.6) is 5.75 Å². The first-order valence-electron chi connectivity index (χ1n) is 48.3. The standard InChI is InChI=1S/C100H129N21O18S3/c1-11-13-30-76-90(131)106-68(45-56(3)4)87(128)102-41-44-140-55-83(124)105-71(47-59-37-39-62(122)40-38-59)94(135)116(8)58(7)86(127)108-73(50-82(101)123)97(138)121-43-24-34-78(121)92(133)111-74(52-104-99-112-66-28-18-21-35-80(66)141-99)89(130)109-70(46-57(5)6)96(137)120-42-23-33-77(120)91(132)107-69(48-60-51-103-65-27-17-15-25-63(60)65)88(129)114-85(115-100-113-67-29-19-22-36-81(67)142-100)93(134)110-72(95(136)118(10)79(31-14-12-2)98(139)117(76)9)49-61-53-119(54-84(125)126)75-32-20-16-26-64(61)75/h15-22,25-29,32,35-40,51,53,56-58,68-74,76-79,85,103,122H,11-14,23-24,30-31,33-34,41-50,52,54-55H2,1-10H3,(H2,101,123)(H,102,128)(H,104,112)(H,105,124)(H,106,131)(H,107,132)(H,108,127)(H,109,130)(H,110,134)(H,111,133)(H,113,115)(H,114,129)(H,125,126)/t58-,68-,69-,70-,71-,72-,73-,74-,76-,77?,78?,79-,85?/m0/s1. The van der Waals surface area contributed by atoms with Crippen molar-refractivity contribution in [2.75, 3.05) is 69.5 Å². The average molecular weight is 2010 g/mol. The van der Waals surface area contributed by atoms with Gasteiger partial charge in [-0.25, -0.2) is 9.97 Å². The fourth-order valence-electron chi connectivity index (χ4n) is 18.2. The Morgan fingerprint density at radius 1 is 0.521 bits per heavy atom. The highest BCUT2D eigenvalue weighted by atomic mass is 32.2. The van der Waals surface area contributed by atoms with Crippen molar-refractivity contribution in [3.63, 3.8) is 0 Å². The van der Waals surface area contributed by atoms with Crippen molar-refractivity contribution in [1.82, 2.24) is 91.9 Å². The minimum absolute atomic E-state index is 0.0113. The van der Waals surface area contributed by atoms with Crippen molar-refractivity contribution in [2.24, 2.45) is 17.6 Å². The molecule has 15 amide bonds. The van der Waals surface area contributed by atoms with Gasteiger partial charge in [0.15, 0.2) is 16.4 Å². The summed E-state index contributed by atoms with van der Waals surface area (Å²) in [5, 5.41) is 54.0. The van der Waals surface area contributed by atoms with Crippen LogP contribution in [0.3, 0.4) is 0 Å². The number of phenolic OH excluding ortho intramolecular Hbond substituents is 1. The van der Waals surface area contributed by atoms with Crippen molar-refractivity contribution in [1.29, 1.82) is 0 Å². The molecule has 760 valence electrons. The number of anilines is 2. The number of carbonyl (C=O) groups is 16. The quantitative estimate of drug-likeness (QED) is 0.0316. The van der Waals surface area contributed by atoms with Crippen LogP contribution in [0.25, 0.3) is 42.2 Å². The maximum atomic E-state index is 16.3. The average Bonchev–Trinajstić information content (AvgIpc) is 1.66. The third-order valence-corrected chi connectivity index (χ3v) is 28.7. The zero-order valence-corrected chi connectivity index (χ0v) is 83.9. The number of benzene rings is 5. The number of unbranched alkanes of at least 4 members (excludes halogenated alkanes) is 2. The summed E-state index contributed by atoms with van der Waals surface area (Å²) in [7, 11) is 4.14. The number of hydrogen-bond acceptors (Lipinski definition) is 24. The van der Waals surface area contributed by atoms with E-state index in [9.17, 15) is 39.0 Å². The van der Waals surface area contributed by atoms with Crippen LogP contribution in [0, 0.1) is 11.8 Å². The lowest BCUT2D eigenvalue weighted by atomic mass is 9.99. The van der Waals surface area contributed by atoms with Gasteiger partial charge in [-0.3, -0.25) is 76.7 Å². The van der Waals surface area contributed by atoms with E-state index in [1.54, 1.807) is 79.1 Å². The van der Waals surface area contributed by atoms with Gasteiger partial charge in [-0.2, -0.15) is 11.8 Å². The number of phenols is 1. The second kappa shape index (κ2) is 50.1. The maximum absolute atomic E-state index is 16.3. The molecule has 12 rings (SSSR count). The molecule has 3 unspecified atom stereocenters. The number of H-pyrrole nitrogens is 1.